The molecule has 0 fully saturated rings. The molecule has 0 bridgehead atoms. The lowest BCUT2D eigenvalue weighted by molar-refractivity contribution is -0.121. The Balaban J connectivity index is 3.06. The van der Waals surface area contributed by atoms with Gasteiger partial charge in [0.15, 0.2) is 0 Å². The number of carbonyl (C=O) groups is 1. The van der Waals surface area contributed by atoms with Crippen molar-refractivity contribution in [1.29, 1.82) is 0 Å². The van der Waals surface area contributed by atoms with E-state index in [-0.39, 0.29) is 5.91 Å². The molecule has 0 atom stereocenters. The van der Waals surface area contributed by atoms with Crippen molar-refractivity contribution in [3.63, 3.8) is 0 Å². The highest BCUT2D eigenvalue weighted by Gasteiger charge is 2.30. The summed E-state index contributed by atoms with van der Waals surface area (Å²) in [7, 11) is 0. The van der Waals surface area contributed by atoms with Gasteiger partial charge < -0.3 is 11.1 Å². The molecule has 3 nitrogen and oxygen atoms in total. The van der Waals surface area contributed by atoms with E-state index in [1.165, 1.54) is 0 Å². The van der Waals surface area contributed by atoms with Crippen LogP contribution in [-0.2, 0) is 4.79 Å². The van der Waals surface area contributed by atoms with Gasteiger partial charge in [-0.05, 0) is 31.4 Å². The number of anilines is 1. The second-order valence-corrected chi connectivity index (χ2v) is 5.16. The smallest absolute Gasteiger partial charge is 0.244 e. The van der Waals surface area contributed by atoms with Crippen LogP contribution >= 0.6 is 23.2 Å². The Labute approximate surface area is 118 Å². The van der Waals surface area contributed by atoms with E-state index in [0.717, 1.165) is 5.56 Å². The van der Waals surface area contributed by atoms with Gasteiger partial charge in [-0.15, -0.1) is 0 Å². The summed E-state index contributed by atoms with van der Waals surface area (Å²) < 4.78 is 0. The summed E-state index contributed by atoms with van der Waals surface area (Å²) in [5.41, 5.74) is 6.42. The minimum Gasteiger partial charge on any atom is -0.322 e. The second kappa shape index (κ2) is 5.91. The maximum absolute atomic E-state index is 12.2. The second-order valence-electron chi connectivity index (χ2n) is 4.37. The van der Waals surface area contributed by atoms with Crippen LogP contribution in [0.25, 0.3) is 0 Å². The number of halogens is 2. The quantitative estimate of drug-likeness (QED) is 0.886. The SMILES string of the molecule is CCC(N)(CC)C(=O)Nc1c(Cl)ccc(C)c1Cl. The van der Waals surface area contributed by atoms with Crippen LogP contribution in [-0.4, -0.2) is 11.4 Å². The zero-order chi connectivity index (χ0) is 13.9. The highest BCUT2D eigenvalue weighted by Crippen LogP contribution is 2.33. The van der Waals surface area contributed by atoms with E-state index in [1.54, 1.807) is 12.1 Å². The fourth-order valence-corrected chi connectivity index (χ4v) is 2.05. The van der Waals surface area contributed by atoms with Gasteiger partial charge in [0.25, 0.3) is 0 Å². The fraction of sp³-hybridized carbons (Fsp3) is 0.462. The molecule has 0 spiro atoms. The average molecular weight is 289 g/mol. The third kappa shape index (κ3) is 2.97. The van der Waals surface area contributed by atoms with Crippen molar-refractivity contribution < 1.29 is 4.79 Å². The molecule has 1 rings (SSSR count). The number of aryl methyl sites for hydroxylation is 1. The number of rotatable bonds is 4. The van der Waals surface area contributed by atoms with Crippen LogP contribution in [0.4, 0.5) is 5.69 Å². The molecule has 0 aliphatic carbocycles. The summed E-state index contributed by atoms with van der Waals surface area (Å²) in [6.45, 7) is 5.61. The van der Waals surface area contributed by atoms with Crippen LogP contribution in [0.15, 0.2) is 12.1 Å². The van der Waals surface area contributed by atoms with Gasteiger partial charge in [0, 0.05) is 0 Å². The Morgan fingerprint density at radius 3 is 2.39 bits per heavy atom. The molecule has 0 aliphatic heterocycles. The maximum Gasteiger partial charge on any atom is 0.244 e. The minimum atomic E-state index is -0.892. The topological polar surface area (TPSA) is 55.1 Å². The monoisotopic (exact) mass is 288 g/mol. The standard InChI is InChI=1S/C13H18Cl2N2O/c1-4-13(16,5-2)12(18)17-11-9(14)7-6-8(3)10(11)15/h6-7H,4-5,16H2,1-3H3,(H,17,18). The zero-order valence-electron chi connectivity index (χ0n) is 10.8. The molecule has 0 saturated carbocycles. The number of amides is 1. The van der Waals surface area contributed by atoms with Gasteiger partial charge in [-0.3, -0.25) is 4.79 Å². The van der Waals surface area contributed by atoms with Gasteiger partial charge in [0.05, 0.1) is 21.3 Å². The van der Waals surface area contributed by atoms with E-state index in [9.17, 15) is 4.79 Å². The van der Waals surface area contributed by atoms with Crippen molar-refractivity contribution in [2.45, 2.75) is 39.2 Å². The molecule has 1 amide bonds. The van der Waals surface area contributed by atoms with E-state index < -0.39 is 5.54 Å². The van der Waals surface area contributed by atoms with Gasteiger partial charge in [0.2, 0.25) is 5.91 Å². The molecule has 5 heteroatoms. The zero-order valence-corrected chi connectivity index (χ0v) is 12.3. The molecule has 0 unspecified atom stereocenters. The molecule has 0 heterocycles. The number of hydrogen-bond donors (Lipinski definition) is 2. The van der Waals surface area contributed by atoms with Crippen LogP contribution < -0.4 is 11.1 Å². The molecular formula is C13H18Cl2N2O. The molecule has 1 aromatic rings. The number of nitrogens with two attached hydrogens (primary N) is 1. The first-order valence-corrected chi connectivity index (χ1v) is 6.66. The van der Waals surface area contributed by atoms with E-state index in [2.05, 4.69) is 5.32 Å². The summed E-state index contributed by atoms with van der Waals surface area (Å²) >= 11 is 12.2. The van der Waals surface area contributed by atoms with Crippen LogP contribution in [0.2, 0.25) is 10.0 Å². The fourth-order valence-electron chi connectivity index (χ4n) is 1.58. The van der Waals surface area contributed by atoms with Crippen molar-refractivity contribution >= 4 is 34.8 Å². The first-order valence-electron chi connectivity index (χ1n) is 5.90. The molecule has 0 aliphatic rings. The average Bonchev–Trinajstić information content (AvgIpc) is 2.37. The minimum absolute atomic E-state index is 0.262. The lowest BCUT2D eigenvalue weighted by Gasteiger charge is -2.25. The van der Waals surface area contributed by atoms with Gasteiger partial charge in [-0.1, -0.05) is 43.1 Å². The van der Waals surface area contributed by atoms with Gasteiger partial charge in [0.1, 0.15) is 0 Å². The van der Waals surface area contributed by atoms with Gasteiger partial charge >= 0.3 is 0 Å². The highest BCUT2D eigenvalue weighted by molar-refractivity contribution is 6.40. The number of benzene rings is 1. The molecule has 3 N–H and O–H groups in total. The van der Waals surface area contributed by atoms with E-state index in [1.807, 2.05) is 20.8 Å². The molecule has 100 valence electrons. The first-order chi connectivity index (χ1) is 8.35. The maximum atomic E-state index is 12.2. The van der Waals surface area contributed by atoms with Crippen molar-refractivity contribution in [1.82, 2.24) is 0 Å². The summed E-state index contributed by atoms with van der Waals surface area (Å²) in [5, 5.41) is 3.59. The molecule has 1 aromatic carbocycles. The van der Waals surface area contributed by atoms with Crippen molar-refractivity contribution in [2.75, 3.05) is 5.32 Å². The Kier molecular flexibility index (Phi) is 5.02. The van der Waals surface area contributed by atoms with Crippen molar-refractivity contribution in [3.05, 3.63) is 27.7 Å². The number of carbonyl (C=O) groups excluding carboxylic acids is 1. The Morgan fingerprint density at radius 1 is 1.33 bits per heavy atom. The van der Waals surface area contributed by atoms with E-state index >= 15 is 0 Å². The Morgan fingerprint density at radius 2 is 1.89 bits per heavy atom. The molecule has 18 heavy (non-hydrogen) atoms. The van der Waals surface area contributed by atoms with Crippen LogP contribution in [0.1, 0.15) is 32.3 Å². The molecule has 0 saturated heterocycles. The third-order valence-corrected chi connectivity index (χ3v) is 4.04. The summed E-state index contributed by atoms with van der Waals surface area (Å²) in [4.78, 5) is 12.2. The highest BCUT2D eigenvalue weighted by atomic mass is 35.5. The lowest BCUT2D eigenvalue weighted by Crippen LogP contribution is -2.50. The Hall–Kier alpha value is -0.770. The van der Waals surface area contributed by atoms with Crippen LogP contribution in [0.3, 0.4) is 0 Å². The predicted molar refractivity (Wildman–Crippen MR) is 77.3 cm³/mol. The third-order valence-electron chi connectivity index (χ3n) is 3.24. The number of nitrogens with one attached hydrogen (secondary N) is 1. The normalized spacial score (nSPS) is 11.4. The summed E-state index contributed by atoms with van der Waals surface area (Å²) in [6, 6.07) is 3.50. The lowest BCUT2D eigenvalue weighted by atomic mass is 9.93. The van der Waals surface area contributed by atoms with E-state index in [4.69, 9.17) is 28.9 Å². The van der Waals surface area contributed by atoms with Crippen LogP contribution in [0, 0.1) is 6.92 Å². The molecular weight excluding hydrogens is 271 g/mol. The van der Waals surface area contributed by atoms with Crippen molar-refractivity contribution in [3.8, 4) is 0 Å². The largest absolute Gasteiger partial charge is 0.322 e. The Bertz CT molecular complexity index is 457. The molecule has 0 radical (unpaired) electrons. The first kappa shape index (κ1) is 15.3. The summed E-state index contributed by atoms with van der Waals surface area (Å²) in [5.74, 6) is -0.262. The van der Waals surface area contributed by atoms with Gasteiger partial charge in [-0.2, -0.15) is 0 Å². The predicted octanol–water partition coefficient (Wildman–Crippen LogP) is 3.76. The van der Waals surface area contributed by atoms with Gasteiger partial charge in [-0.25, -0.2) is 0 Å². The summed E-state index contributed by atoms with van der Waals surface area (Å²) in [6.07, 6.45) is 1.10. The number of hydrogen-bond acceptors (Lipinski definition) is 2. The van der Waals surface area contributed by atoms with Crippen molar-refractivity contribution in [2.24, 2.45) is 5.73 Å². The van der Waals surface area contributed by atoms with E-state index in [0.29, 0.717) is 28.6 Å². The van der Waals surface area contributed by atoms with Crippen LogP contribution in [0.5, 0.6) is 0 Å². The molecule has 0 aromatic heterocycles.